The molecule has 0 radical (unpaired) electrons. The lowest BCUT2D eigenvalue weighted by Crippen LogP contribution is -2.49. The van der Waals surface area contributed by atoms with Gasteiger partial charge in [-0.25, -0.2) is 4.98 Å². The van der Waals surface area contributed by atoms with Gasteiger partial charge in [0.05, 0.1) is 5.56 Å². The van der Waals surface area contributed by atoms with E-state index in [1.54, 1.807) is 11.6 Å². The van der Waals surface area contributed by atoms with E-state index in [0.717, 1.165) is 31.9 Å². The third-order valence-electron chi connectivity index (χ3n) is 5.01. The highest BCUT2D eigenvalue weighted by atomic mass is 32.1. The molecule has 2 aromatic rings. The zero-order chi connectivity index (χ0) is 21.7. The van der Waals surface area contributed by atoms with E-state index in [9.17, 15) is 18.3 Å². The fourth-order valence-corrected chi connectivity index (χ4v) is 4.25. The van der Waals surface area contributed by atoms with E-state index >= 15 is 0 Å². The van der Waals surface area contributed by atoms with E-state index in [-0.39, 0.29) is 17.3 Å². The van der Waals surface area contributed by atoms with Crippen molar-refractivity contribution in [3.8, 4) is 16.3 Å². The fraction of sp³-hybridized carbons (Fsp3) is 0.500. The molecule has 3 unspecified atom stereocenters. The number of ether oxygens (including phenoxy) is 1. The highest BCUT2D eigenvalue weighted by Gasteiger charge is 2.40. The molecule has 1 aliphatic rings. The number of piperidine rings is 1. The summed E-state index contributed by atoms with van der Waals surface area (Å²) in [6, 6.07) is 2.88. The van der Waals surface area contributed by atoms with Crippen LogP contribution >= 0.6 is 11.3 Å². The van der Waals surface area contributed by atoms with Crippen molar-refractivity contribution in [2.24, 2.45) is 4.99 Å². The van der Waals surface area contributed by atoms with Gasteiger partial charge in [0.15, 0.2) is 11.9 Å². The highest BCUT2D eigenvalue weighted by Crippen LogP contribution is 2.44. The molecule has 1 aromatic heterocycles. The van der Waals surface area contributed by atoms with Gasteiger partial charge in [0, 0.05) is 30.2 Å². The van der Waals surface area contributed by atoms with Crippen LogP contribution in [-0.4, -0.2) is 55.3 Å². The number of aliphatic hydroxyl groups excluding tert-OH is 1. The maximum Gasteiger partial charge on any atom is 0.418 e. The van der Waals surface area contributed by atoms with Gasteiger partial charge >= 0.3 is 6.18 Å². The molecule has 0 bridgehead atoms. The zero-order valence-corrected chi connectivity index (χ0v) is 17.4. The van der Waals surface area contributed by atoms with E-state index in [1.807, 2.05) is 7.05 Å². The fourth-order valence-electron chi connectivity index (χ4n) is 3.60. The molecular formula is C20H25F3N4O2S. The van der Waals surface area contributed by atoms with Gasteiger partial charge in [-0.3, -0.25) is 4.99 Å². The predicted molar refractivity (Wildman–Crippen MR) is 112 cm³/mol. The molecule has 30 heavy (non-hydrogen) atoms. The van der Waals surface area contributed by atoms with Gasteiger partial charge in [-0.05, 0) is 44.3 Å². The van der Waals surface area contributed by atoms with Crippen molar-refractivity contribution in [1.82, 2.24) is 15.6 Å². The van der Waals surface area contributed by atoms with Crippen molar-refractivity contribution < 1.29 is 23.0 Å². The molecule has 6 nitrogen and oxygen atoms in total. The summed E-state index contributed by atoms with van der Waals surface area (Å²) in [4.78, 5) is 8.07. The normalized spacial score (nSPS) is 20.7. The monoisotopic (exact) mass is 442 g/mol. The first kappa shape index (κ1) is 22.7. The standard InChI is InChI=1S/C20H25F3N4O2S/c1-24-10-13-4-3-5-14(27-13)11-29-17-15(19-26-6-7-30-19)8-12(9-16(17)25-2)18(28)20(21,22)23/h6-9,13-14,18,24,27-28H,2-5,10-11H2,1H3. The van der Waals surface area contributed by atoms with Gasteiger partial charge in [0.25, 0.3) is 0 Å². The maximum absolute atomic E-state index is 13.1. The van der Waals surface area contributed by atoms with Crippen LogP contribution in [0.5, 0.6) is 5.75 Å². The van der Waals surface area contributed by atoms with Gasteiger partial charge in [0.2, 0.25) is 0 Å². The van der Waals surface area contributed by atoms with Gasteiger partial charge in [-0.2, -0.15) is 13.2 Å². The Kier molecular flexibility index (Phi) is 7.45. The second-order valence-corrected chi connectivity index (χ2v) is 8.11. The second kappa shape index (κ2) is 9.86. The number of nitrogens with one attached hydrogen (secondary N) is 2. The summed E-state index contributed by atoms with van der Waals surface area (Å²) in [5.74, 6) is 0.315. The first-order chi connectivity index (χ1) is 14.3. The van der Waals surface area contributed by atoms with Crippen LogP contribution in [0.4, 0.5) is 18.9 Å². The number of aromatic nitrogens is 1. The van der Waals surface area contributed by atoms with Crippen LogP contribution in [0.2, 0.25) is 0 Å². The summed E-state index contributed by atoms with van der Waals surface area (Å²) in [6.07, 6.45) is -2.79. The summed E-state index contributed by atoms with van der Waals surface area (Å²) < 4.78 is 45.3. The minimum absolute atomic E-state index is 0.111. The van der Waals surface area contributed by atoms with Crippen molar-refractivity contribution in [3.05, 3.63) is 29.3 Å². The first-order valence-corrected chi connectivity index (χ1v) is 10.5. The van der Waals surface area contributed by atoms with Crippen LogP contribution in [0, 0.1) is 0 Å². The molecule has 2 heterocycles. The Bertz CT molecular complexity index is 843. The largest absolute Gasteiger partial charge is 0.489 e. The van der Waals surface area contributed by atoms with Crippen LogP contribution in [-0.2, 0) is 0 Å². The third kappa shape index (κ3) is 5.37. The number of aliphatic imine (C=N–C) groups is 1. The predicted octanol–water partition coefficient (Wildman–Crippen LogP) is 3.85. The summed E-state index contributed by atoms with van der Waals surface area (Å²) in [5, 5.41) is 18.6. The number of likely N-dealkylation sites (N-methyl/N-ethyl adjacent to an activating group) is 1. The van der Waals surface area contributed by atoms with Gasteiger partial charge in [-0.15, -0.1) is 11.3 Å². The number of hydrogen-bond donors (Lipinski definition) is 3. The van der Waals surface area contributed by atoms with Crippen LogP contribution in [0.25, 0.3) is 10.6 Å². The SMILES string of the molecule is C=Nc1cc(C(O)C(F)(F)F)cc(-c2nccs2)c1OCC1CCCC(CNC)N1. The van der Waals surface area contributed by atoms with E-state index in [4.69, 9.17) is 4.74 Å². The Morgan fingerprint density at radius 1 is 1.40 bits per heavy atom. The van der Waals surface area contributed by atoms with Crippen molar-refractivity contribution >= 4 is 23.7 Å². The van der Waals surface area contributed by atoms with E-state index in [0.29, 0.717) is 29.0 Å². The highest BCUT2D eigenvalue weighted by molar-refractivity contribution is 7.13. The lowest BCUT2D eigenvalue weighted by atomic mass is 9.99. The number of halogens is 3. The van der Waals surface area contributed by atoms with Crippen molar-refractivity contribution in [2.45, 2.75) is 43.6 Å². The van der Waals surface area contributed by atoms with Crippen LogP contribution in [0.3, 0.4) is 0 Å². The molecule has 1 aromatic carbocycles. The van der Waals surface area contributed by atoms with Gasteiger partial charge in [0.1, 0.15) is 17.3 Å². The molecule has 1 saturated heterocycles. The molecular weight excluding hydrogens is 417 g/mol. The molecule has 3 atom stereocenters. The van der Waals surface area contributed by atoms with E-state index < -0.39 is 12.3 Å². The molecule has 1 aliphatic heterocycles. The number of thiazole rings is 1. The summed E-state index contributed by atoms with van der Waals surface area (Å²) in [7, 11) is 1.90. The Labute approximate surface area is 177 Å². The van der Waals surface area contributed by atoms with Crippen molar-refractivity contribution in [3.63, 3.8) is 0 Å². The number of rotatable bonds is 8. The molecule has 3 N–H and O–H groups in total. The minimum Gasteiger partial charge on any atom is -0.489 e. The smallest absolute Gasteiger partial charge is 0.418 e. The lowest BCUT2D eigenvalue weighted by molar-refractivity contribution is -0.206. The lowest BCUT2D eigenvalue weighted by Gasteiger charge is -2.31. The molecule has 10 heteroatoms. The number of aliphatic hydroxyl groups is 1. The Morgan fingerprint density at radius 2 is 2.17 bits per heavy atom. The number of hydrogen-bond acceptors (Lipinski definition) is 7. The molecule has 0 spiro atoms. The third-order valence-corrected chi connectivity index (χ3v) is 5.81. The van der Waals surface area contributed by atoms with Crippen molar-refractivity contribution in [2.75, 3.05) is 20.2 Å². The molecule has 164 valence electrons. The molecule has 0 amide bonds. The van der Waals surface area contributed by atoms with Crippen LogP contribution in [0.15, 0.2) is 28.7 Å². The number of benzene rings is 1. The van der Waals surface area contributed by atoms with E-state index in [2.05, 4.69) is 27.3 Å². The summed E-state index contributed by atoms with van der Waals surface area (Å²) in [5.41, 5.74) is 0.173. The average Bonchev–Trinajstić information content (AvgIpc) is 3.25. The van der Waals surface area contributed by atoms with E-state index in [1.165, 1.54) is 17.4 Å². The molecule has 1 fully saturated rings. The minimum atomic E-state index is -4.80. The van der Waals surface area contributed by atoms with Gasteiger partial charge in [-0.1, -0.05) is 6.42 Å². The Balaban J connectivity index is 1.90. The molecule has 0 aliphatic carbocycles. The van der Waals surface area contributed by atoms with Gasteiger partial charge < -0.3 is 20.5 Å². The Morgan fingerprint density at radius 3 is 2.80 bits per heavy atom. The maximum atomic E-state index is 13.1. The van der Waals surface area contributed by atoms with Crippen LogP contribution < -0.4 is 15.4 Å². The van der Waals surface area contributed by atoms with Crippen molar-refractivity contribution in [1.29, 1.82) is 0 Å². The topological polar surface area (TPSA) is 78.8 Å². The quantitative estimate of drug-likeness (QED) is 0.542. The summed E-state index contributed by atoms with van der Waals surface area (Å²) in [6.45, 7) is 4.66. The molecule has 0 saturated carbocycles. The molecule has 3 rings (SSSR count). The Hall–Kier alpha value is -2.01. The first-order valence-electron chi connectivity index (χ1n) is 9.66. The zero-order valence-electron chi connectivity index (χ0n) is 16.6. The van der Waals surface area contributed by atoms with Crippen LogP contribution in [0.1, 0.15) is 30.9 Å². The average molecular weight is 443 g/mol. The summed E-state index contributed by atoms with van der Waals surface area (Å²) >= 11 is 1.27. The second-order valence-electron chi connectivity index (χ2n) is 7.22. The number of alkyl halides is 3. The number of nitrogens with zero attached hydrogens (tertiary/aromatic N) is 2.